The van der Waals surface area contributed by atoms with Crippen LogP contribution in [0.5, 0.6) is 0 Å². The number of amides is 1. The Labute approximate surface area is 220 Å². The second kappa shape index (κ2) is 11.2. The second-order valence-corrected chi connectivity index (χ2v) is 9.98. The number of rotatable bonds is 8. The molecule has 1 saturated heterocycles. The highest BCUT2D eigenvalue weighted by Gasteiger charge is 2.25. The van der Waals surface area contributed by atoms with Crippen LogP contribution < -0.4 is 15.5 Å². The predicted molar refractivity (Wildman–Crippen MR) is 149 cm³/mol. The van der Waals surface area contributed by atoms with Crippen molar-refractivity contribution in [2.75, 3.05) is 41.7 Å². The van der Waals surface area contributed by atoms with Crippen molar-refractivity contribution in [2.45, 2.75) is 46.2 Å². The molecule has 0 radical (unpaired) electrons. The highest BCUT2D eigenvalue weighted by atomic mass is 79.9. The molecule has 1 aliphatic rings. The monoisotopic (exact) mass is 552 g/mol. The van der Waals surface area contributed by atoms with Crippen LogP contribution in [0.15, 0.2) is 36.5 Å². The molecule has 0 aliphatic carbocycles. The van der Waals surface area contributed by atoms with Crippen molar-refractivity contribution < 1.29 is 4.79 Å². The Hall–Kier alpha value is -3.27. The van der Waals surface area contributed by atoms with Gasteiger partial charge in [-0.05, 0) is 53.9 Å². The molecule has 3 aromatic rings. The first-order valence-electron chi connectivity index (χ1n) is 12.3. The van der Waals surface area contributed by atoms with Crippen LogP contribution in [-0.4, -0.2) is 62.6 Å². The minimum Gasteiger partial charge on any atom is -0.378 e. The molecule has 0 bridgehead atoms. The summed E-state index contributed by atoms with van der Waals surface area (Å²) >= 11 is 3.35. The van der Waals surface area contributed by atoms with E-state index in [-0.39, 0.29) is 22.6 Å². The third-order valence-electron chi connectivity index (χ3n) is 6.58. The summed E-state index contributed by atoms with van der Waals surface area (Å²) in [6, 6.07) is 10.3. The van der Waals surface area contributed by atoms with Gasteiger partial charge in [0.1, 0.15) is 16.0 Å². The number of aromatic nitrogens is 3. The van der Waals surface area contributed by atoms with E-state index in [1.807, 2.05) is 29.3 Å². The van der Waals surface area contributed by atoms with E-state index in [2.05, 4.69) is 69.4 Å². The lowest BCUT2D eigenvalue weighted by atomic mass is 10.1. The third-order valence-corrected chi connectivity index (χ3v) is 6.96. The topological polar surface area (TPSA) is 110 Å². The fourth-order valence-corrected chi connectivity index (χ4v) is 4.46. The Morgan fingerprint density at radius 3 is 2.53 bits per heavy atom. The standard InChI is InChI=1S/C26H33BrN8O/c1-5-16(2)30-23-22(24(27)28)32-26(35-12-10-34(11-13-35)18(4)36)33-25(23)31-17(3)20-14-19-8-6-7-9-21(19)29-15-20/h6-9,14-17,28,30H,5,10-13H2,1-4H3,(H,31,32,33)/t16?,17-/m1/s1. The van der Waals surface area contributed by atoms with E-state index in [1.165, 1.54) is 0 Å². The lowest BCUT2D eigenvalue weighted by Gasteiger charge is -2.35. The fourth-order valence-electron chi connectivity index (χ4n) is 4.17. The largest absolute Gasteiger partial charge is 0.378 e. The van der Waals surface area contributed by atoms with E-state index in [0.29, 0.717) is 49.3 Å². The second-order valence-electron chi connectivity index (χ2n) is 9.18. The number of halogens is 1. The molecule has 1 amide bonds. The van der Waals surface area contributed by atoms with Gasteiger partial charge in [-0.15, -0.1) is 0 Å². The molecule has 1 aliphatic heterocycles. The molecule has 3 heterocycles. The number of fused-ring (bicyclic) bond motifs is 1. The van der Waals surface area contributed by atoms with Crippen LogP contribution in [0.3, 0.4) is 0 Å². The van der Waals surface area contributed by atoms with E-state index in [0.717, 1.165) is 22.9 Å². The number of carbonyl (C=O) groups excluding carboxylic acids is 1. The molecular formula is C26H33BrN8O. The van der Waals surface area contributed by atoms with Crippen LogP contribution in [0.25, 0.3) is 10.9 Å². The summed E-state index contributed by atoms with van der Waals surface area (Å²) in [6.07, 6.45) is 2.80. The van der Waals surface area contributed by atoms with Crippen molar-refractivity contribution in [3.63, 3.8) is 0 Å². The van der Waals surface area contributed by atoms with Crippen molar-refractivity contribution in [3.05, 3.63) is 47.8 Å². The zero-order valence-electron chi connectivity index (χ0n) is 21.2. The average Bonchev–Trinajstić information content (AvgIpc) is 2.88. The van der Waals surface area contributed by atoms with Crippen LogP contribution >= 0.6 is 15.9 Å². The first kappa shape index (κ1) is 25.8. The maximum atomic E-state index is 11.8. The van der Waals surface area contributed by atoms with Crippen LogP contribution in [0.4, 0.5) is 17.5 Å². The molecule has 10 heteroatoms. The van der Waals surface area contributed by atoms with Crippen LogP contribution in [0.1, 0.15) is 51.4 Å². The number of carbonyl (C=O) groups is 1. The molecular weight excluding hydrogens is 520 g/mol. The van der Waals surface area contributed by atoms with E-state index in [1.54, 1.807) is 6.92 Å². The Morgan fingerprint density at radius 2 is 1.86 bits per heavy atom. The number of hydrogen-bond acceptors (Lipinski definition) is 8. The van der Waals surface area contributed by atoms with Crippen LogP contribution in [-0.2, 0) is 4.79 Å². The van der Waals surface area contributed by atoms with Crippen molar-refractivity contribution in [2.24, 2.45) is 0 Å². The van der Waals surface area contributed by atoms with E-state index in [9.17, 15) is 4.79 Å². The normalized spacial score (nSPS) is 15.5. The number of piperazine rings is 1. The van der Waals surface area contributed by atoms with Gasteiger partial charge in [0.2, 0.25) is 11.9 Å². The molecule has 2 atom stereocenters. The van der Waals surface area contributed by atoms with Gasteiger partial charge in [0.05, 0.1) is 11.6 Å². The minimum absolute atomic E-state index is 0.0757. The maximum Gasteiger partial charge on any atom is 0.228 e. The Bertz CT molecular complexity index is 1260. The summed E-state index contributed by atoms with van der Waals surface area (Å²) in [5.74, 6) is 1.25. The van der Waals surface area contributed by atoms with Crippen molar-refractivity contribution in [3.8, 4) is 0 Å². The zero-order valence-corrected chi connectivity index (χ0v) is 22.8. The Kier molecular flexibility index (Phi) is 8.03. The van der Waals surface area contributed by atoms with Crippen LogP contribution in [0, 0.1) is 5.41 Å². The summed E-state index contributed by atoms with van der Waals surface area (Å²) in [7, 11) is 0. The summed E-state index contributed by atoms with van der Waals surface area (Å²) in [5.41, 5.74) is 3.18. The molecule has 1 unspecified atom stereocenters. The van der Waals surface area contributed by atoms with Crippen molar-refractivity contribution in [1.29, 1.82) is 5.41 Å². The summed E-state index contributed by atoms with van der Waals surface area (Å²) in [4.78, 5) is 30.0. The fraction of sp³-hybridized carbons (Fsp3) is 0.423. The number of para-hydroxylation sites is 1. The molecule has 0 saturated carbocycles. The smallest absolute Gasteiger partial charge is 0.228 e. The molecule has 1 aromatic carbocycles. The molecule has 9 nitrogen and oxygen atoms in total. The average molecular weight is 554 g/mol. The van der Waals surface area contributed by atoms with Gasteiger partial charge in [-0.2, -0.15) is 4.98 Å². The lowest BCUT2D eigenvalue weighted by Crippen LogP contribution is -2.48. The van der Waals surface area contributed by atoms with Crippen LogP contribution in [0.2, 0.25) is 0 Å². The zero-order chi connectivity index (χ0) is 25.8. The minimum atomic E-state index is -0.0886. The van der Waals surface area contributed by atoms with Crippen molar-refractivity contribution >= 4 is 54.8 Å². The number of benzene rings is 1. The van der Waals surface area contributed by atoms with Gasteiger partial charge in [-0.3, -0.25) is 15.2 Å². The Morgan fingerprint density at radius 1 is 1.14 bits per heavy atom. The van der Waals surface area contributed by atoms with Gasteiger partial charge < -0.3 is 20.4 Å². The quantitative estimate of drug-likeness (QED) is 0.344. The van der Waals surface area contributed by atoms with Gasteiger partial charge in [0, 0.05) is 50.7 Å². The molecule has 2 aromatic heterocycles. The maximum absolute atomic E-state index is 11.8. The molecule has 0 spiro atoms. The van der Waals surface area contributed by atoms with Gasteiger partial charge in [-0.25, -0.2) is 4.98 Å². The first-order chi connectivity index (χ1) is 17.3. The molecule has 36 heavy (non-hydrogen) atoms. The molecule has 3 N–H and O–H groups in total. The van der Waals surface area contributed by atoms with E-state index in [4.69, 9.17) is 15.4 Å². The van der Waals surface area contributed by atoms with Gasteiger partial charge in [0.25, 0.3) is 0 Å². The molecule has 4 rings (SSSR count). The number of anilines is 3. The molecule has 1 fully saturated rings. The van der Waals surface area contributed by atoms with Gasteiger partial charge in [-0.1, -0.05) is 25.1 Å². The highest BCUT2D eigenvalue weighted by molar-refractivity contribution is 9.18. The number of nitrogens with zero attached hydrogens (tertiary/aromatic N) is 5. The number of nitrogens with one attached hydrogen (secondary N) is 3. The summed E-state index contributed by atoms with van der Waals surface area (Å²) in [6.45, 7) is 10.4. The summed E-state index contributed by atoms with van der Waals surface area (Å²) < 4.78 is 0.183. The predicted octanol–water partition coefficient (Wildman–Crippen LogP) is 4.80. The first-order valence-corrected chi connectivity index (χ1v) is 13.1. The van der Waals surface area contributed by atoms with E-state index < -0.39 is 0 Å². The third kappa shape index (κ3) is 5.75. The SMILES string of the molecule is CCC(C)Nc1c(N[C@H](C)c2cnc3ccccc3c2)nc(N2CCN(C(C)=O)CC2)nc1C(=N)Br. The highest BCUT2D eigenvalue weighted by Crippen LogP contribution is 2.32. The summed E-state index contributed by atoms with van der Waals surface area (Å²) in [5, 5.41) is 16.5. The Balaban J connectivity index is 1.70. The van der Waals surface area contributed by atoms with Crippen molar-refractivity contribution in [1.82, 2.24) is 19.9 Å². The van der Waals surface area contributed by atoms with E-state index >= 15 is 0 Å². The van der Waals surface area contributed by atoms with Gasteiger partial charge in [0.15, 0.2) is 5.82 Å². The number of pyridine rings is 1. The van der Waals surface area contributed by atoms with Gasteiger partial charge >= 0.3 is 0 Å². The molecule has 190 valence electrons. The number of hydrogen-bond donors (Lipinski definition) is 3. The lowest BCUT2D eigenvalue weighted by molar-refractivity contribution is -0.129.